The number of nitrogens with zero attached hydrogens (tertiary/aromatic N) is 1. The fraction of sp³-hybridized carbons (Fsp3) is 0.923. The van der Waals surface area contributed by atoms with E-state index in [4.69, 9.17) is 15.2 Å². The van der Waals surface area contributed by atoms with Crippen molar-refractivity contribution in [3.05, 3.63) is 0 Å². The summed E-state index contributed by atoms with van der Waals surface area (Å²) in [6.45, 7) is 7.05. The predicted octanol–water partition coefficient (Wildman–Crippen LogP) is 0.378. The normalized spacial score (nSPS) is 32.3. The molecule has 0 aromatic rings. The monoisotopic (exact) mass is 256 g/mol. The zero-order chi connectivity index (χ0) is 13.2. The van der Waals surface area contributed by atoms with Gasteiger partial charge < -0.3 is 20.1 Å². The third-order valence-corrected chi connectivity index (χ3v) is 4.00. The minimum Gasteiger partial charge on any atom is -0.381 e. The number of amides is 1. The summed E-state index contributed by atoms with van der Waals surface area (Å²) >= 11 is 0. The standard InChI is InChI=1S/C13H24N2O3/c1-10-7-15(8-11(2)18-10)12(16)13(9-14)3-5-17-6-4-13/h10-11H,3-9,14H2,1-2H3/t10-,11-/m0/s1. The Labute approximate surface area is 109 Å². The summed E-state index contributed by atoms with van der Waals surface area (Å²) in [5.74, 6) is 0.190. The lowest BCUT2D eigenvalue weighted by Crippen LogP contribution is -2.56. The molecule has 2 rings (SSSR count). The van der Waals surface area contributed by atoms with Gasteiger partial charge in [0.05, 0.1) is 17.6 Å². The van der Waals surface area contributed by atoms with Crippen molar-refractivity contribution in [3.8, 4) is 0 Å². The number of nitrogens with two attached hydrogens (primary N) is 1. The molecule has 1 amide bonds. The zero-order valence-corrected chi connectivity index (χ0v) is 11.4. The van der Waals surface area contributed by atoms with Gasteiger partial charge in [0.2, 0.25) is 5.91 Å². The van der Waals surface area contributed by atoms with Crippen molar-refractivity contribution in [3.63, 3.8) is 0 Å². The smallest absolute Gasteiger partial charge is 0.230 e. The molecule has 0 unspecified atom stereocenters. The van der Waals surface area contributed by atoms with E-state index in [0.29, 0.717) is 32.8 Å². The first kappa shape index (κ1) is 13.8. The van der Waals surface area contributed by atoms with Gasteiger partial charge in [0.25, 0.3) is 0 Å². The van der Waals surface area contributed by atoms with Crippen molar-refractivity contribution >= 4 is 5.91 Å². The highest BCUT2D eigenvalue weighted by Gasteiger charge is 2.42. The van der Waals surface area contributed by atoms with Crippen LogP contribution < -0.4 is 5.73 Å². The Morgan fingerprint density at radius 2 is 1.83 bits per heavy atom. The van der Waals surface area contributed by atoms with E-state index < -0.39 is 5.41 Å². The van der Waals surface area contributed by atoms with E-state index in [-0.39, 0.29) is 18.1 Å². The molecule has 0 aromatic heterocycles. The maximum atomic E-state index is 12.7. The number of hydrogen-bond acceptors (Lipinski definition) is 4. The second-order valence-electron chi connectivity index (χ2n) is 5.56. The molecule has 2 N–H and O–H groups in total. The molecule has 0 spiro atoms. The molecule has 2 aliphatic heterocycles. The van der Waals surface area contributed by atoms with Gasteiger partial charge in [-0.3, -0.25) is 4.79 Å². The number of carbonyl (C=O) groups is 1. The van der Waals surface area contributed by atoms with Gasteiger partial charge in [-0.05, 0) is 26.7 Å². The van der Waals surface area contributed by atoms with Crippen molar-refractivity contribution in [1.82, 2.24) is 4.90 Å². The van der Waals surface area contributed by atoms with Crippen molar-refractivity contribution in [2.75, 3.05) is 32.8 Å². The molecule has 2 heterocycles. The van der Waals surface area contributed by atoms with Gasteiger partial charge in [-0.25, -0.2) is 0 Å². The van der Waals surface area contributed by atoms with Crippen LogP contribution in [0.3, 0.4) is 0 Å². The molecular weight excluding hydrogens is 232 g/mol. The molecule has 0 bridgehead atoms. The lowest BCUT2D eigenvalue weighted by molar-refractivity contribution is -0.158. The second kappa shape index (κ2) is 5.55. The third-order valence-electron chi connectivity index (χ3n) is 4.00. The summed E-state index contributed by atoms with van der Waals surface area (Å²) in [7, 11) is 0. The van der Waals surface area contributed by atoms with E-state index in [2.05, 4.69) is 0 Å². The van der Waals surface area contributed by atoms with E-state index in [1.807, 2.05) is 18.7 Å². The van der Waals surface area contributed by atoms with Crippen molar-refractivity contribution in [2.45, 2.75) is 38.9 Å². The molecule has 2 aliphatic rings. The Kier molecular flexibility index (Phi) is 4.25. The highest BCUT2D eigenvalue weighted by atomic mass is 16.5. The van der Waals surface area contributed by atoms with Gasteiger partial charge in [-0.15, -0.1) is 0 Å². The average molecular weight is 256 g/mol. The van der Waals surface area contributed by atoms with Crippen LogP contribution in [0.2, 0.25) is 0 Å². The summed E-state index contributed by atoms with van der Waals surface area (Å²) in [6.07, 6.45) is 1.69. The van der Waals surface area contributed by atoms with Crippen LogP contribution in [0.5, 0.6) is 0 Å². The molecule has 0 radical (unpaired) electrons. The second-order valence-corrected chi connectivity index (χ2v) is 5.56. The first-order valence-electron chi connectivity index (χ1n) is 6.80. The van der Waals surface area contributed by atoms with E-state index in [1.165, 1.54) is 0 Å². The van der Waals surface area contributed by atoms with E-state index in [9.17, 15) is 4.79 Å². The molecule has 0 aromatic carbocycles. The lowest BCUT2D eigenvalue weighted by atomic mass is 9.78. The first-order chi connectivity index (χ1) is 8.57. The maximum absolute atomic E-state index is 12.7. The summed E-state index contributed by atoms with van der Waals surface area (Å²) in [5.41, 5.74) is 5.47. The van der Waals surface area contributed by atoms with E-state index in [1.54, 1.807) is 0 Å². The van der Waals surface area contributed by atoms with Gasteiger partial charge >= 0.3 is 0 Å². The summed E-state index contributed by atoms with van der Waals surface area (Å²) in [4.78, 5) is 14.7. The van der Waals surface area contributed by atoms with Gasteiger partial charge in [-0.1, -0.05) is 0 Å². The predicted molar refractivity (Wildman–Crippen MR) is 68.1 cm³/mol. The van der Waals surface area contributed by atoms with Crippen LogP contribution in [0.15, 0.2) is 0 Å². The number of rotatable bonds is 2. The molecule has 2 atom stereocenters. The van der Waals surface area contributed by atoms with Crippen LogP contribution in [0, 0.1) is 5.41 Å². The van der Waals surface area contributed by atoms with Crippen LogP contribution >= 0.6 is 0 Å². The number of carbonyl (C=O) groups excluding carboxylic acids is 1. The van der Waals surface area contributed by atoms with Gasteiger partial charge in [0.15, 0.2) is 0 Å². The van der Waals surface area contributed by atoms with Crippen LogP contribution in [-0.4, -0.2) is 55.9 Å². The van der Waals surface area contributed by atoms with Gasteiger partial charge in [-0.2, -0.15) is 0 Å². The summed E-state index contributed by atoms with van der Waals surface area (Å²) in [6, 6.07) is 0. The minimum atomic E-state index is -0.408. The topological polar surface area (TPSA) is 64.8 Å². The van der Waals surface area contributed by atoms with Crippen molar-refractivity contribution in [1.29, 1.82) is 0 Å². The van der Waals surface area contributed by atoms with Crippen molar-refractivity contribution < 1.29 is 14.3 Å². The van der Waals surface area contributed by atoms with Crippen LogP contribution in [-0.2, 0) is 14.3 Å². The fourth-order valence-electron chi connectivity index (χ4n) is 2.95. The molecule has 0 saturated carbocycles. The van der Waals surface area contributed by atoms with Crippen LogP contribution in [0.25, 0.3) is 0 Å². The minimum absolute atomic E-state index is 0.104. The molecule has 104 valence electrons. The van der Waals surface area contributed by atoms with E-state index in [0.717, 1.165) is 12.8 Å². The fourth-order valence-corrected chi connectivity index (χ4v) is 2.95. The van der Waals surface area contributed by atoms with Crippen LogP contribution in [0.4, 0.5) is 0 Å². The lowest BCUT2D eigenvalue weighted by Gasteiger charge is -2.42. The molecule has 5 heteroatoms. The molecule has 2 saturated heterocycles. The first-order valence-corrected chi connectivity index (χ1v) is 6.80. The highest BCUT2D eigenvalue weighted by molar-refractivity contribution is 5.83. The van der Waals surface area contributed by atoms with Gasteiger partial charge in [0.1, 0.15) is 0 Å². The number of ether oxygens (including phenoxy) is 2. The SMILES string of the molecule is C[C@H]1CN(C(=O)C2(CN)CCOCC2)C[C@H](C)O1. The largest absolute Gasteiger partial charge is 0.381 e. The third kappa shape index (κ3) is 2.68. The van der Waals surface area contributed by atoms with Crippen molar-refractivity contribution in [2.24, 2.45) is 11.1 Å². The highest BCUT2D eigenvalue weighted by Crippen LogP contribution is 2.32. The Hall–Kier alpha value is -0.650. The summed E-state index contributed by atoms with van der Waals surface area (Å²) < 4.78 is 11.0. The Bertz CT molecular complexity index is 293. The average Bonchev–Trinajstić information content (AvgIpc) is 2.37. The quantitative estimate of drug-likeness (QED) is 0.775. The number of morpholine rings is 1. The Morgan fingerprint density at radius 3 is 2.33 bits per heavy atom. The molecule has 2 fully saturated rings. The van der Waals surface area contributed by atoms with E-state index >= 15 is 0 Å². The molecule has 18 heavy (non-hydrogen) atoms. The Morgan fingerprint density at radius 1 is 1.28 bits per heavy atom. The number of hydrogen-bond donors (Lipinski definition) is 1. The summed E-state index contributed by atoms with van der Waals surface area (Å²) in [5, 5.41) is 0. The van der Waals surface area contributed by atoms with Crippen LogP contribution in [0.1, 0.15) is 26.7 Å². The maximum Gasteiger partial charge on any atom is 0.230 e. The van der Waals surface area contributed by atoms with Gasteiger partial charge in [0, 0.05) is 32.8 Å². The molecular formula is C13H24N2O3. The Balaban J connectivity index is 2.08. The zero-order valence-electron chi connectivity index (χ0n) is 11.4. The molecule has 5 nitrogen and oxygen atoms in total. The molecule has 0 aliphatic carbocycles.